The van der Waals surface area contributed by atoms with Gasteiger partial charge in [-0.1, -0.05) is 17.7 Å². The number of piperidine rings is 2. The highest BCUT2D eigenvalue weighted by molar-refractivity contribution is 5.96. The van der Waals surface area contributed by atoms with Gasteiger partial charge in [-0.05, 0) is 70.7 Å². The van der Waals surface area contributed by atoms with E-state index in [-0.39, 0.29) is 17.4 Å². The second kappa shape index (κ2) is 8.22. The number of benzene rings is 1. The lowest BCUT2D eigenvalue weighted by Crippen LogP contribution is -2.52. The molecule has 6 nitrogen and oxygen atoms in total. The first-order valence-corrected chi connectivity index (χ1v) is 11.4. The number of nitrogens with zero attached hydrogens (tertiary/aromatic N) is 3. The summed E-state index contributed by atoms with van der Waals surface area (Å²) in [5.41, 5.74) is 5.12. The van der Waals surface area contributed by atoms with Gasteiger partial charge >= 0.3 is 6.09 Å². The van der Waals surface area contributed by atoms with Crippen molar-refractivity contribution in [2.75, 3.05) is 44.2 Å². The van der Waals surface area contributed by atoms with Gasteiger partial charge in [0.15, 0.2) is 0 Å². The summed E-state index contributed by atoms with van der Waals surface area (Å²) in [5, 5.41) is 0. The Labute approximate surface area is 180 Å². The van der Waals surface area contributed by atoms with Crippen LogP contribution < -0.4 is 4.90 Å². The van der Waals surface area contributed by atoms with Gasteiger partial charge in [-0.25, -0.2) is 4.79 Å². The first kappa shape index (κ1) is 21.2. The minimum Gasteiger partial charge on any atom is -0.450 e. The predicted octanol–water partition coefficient (Wildman–Crippen LogP) is 3.62. The smallest absolute Gasteiger partial charge is 0.409 e. The molecule has 1 aromatic rings. The van der Waals surface area contributed by atoms with Crippen molar-refractivity contribution in [3.63, 3.8) is 0 Å². The van der Waals surface area contributed by atoms with Crippen LogP contribution in [0.25, 0.3) is 0 Å². The Morgan fingerprint density at radius 3 is 2.37 bits per heavy atom. The van der Waals surface area contributed by atoms with E-state index in [1.165, 1.54) is 16.7 Å². The molecule has 1 spiro atoms. The van der Waals surface area contributed by atoms with Crippen LogP contribution in [0, 0.1) is 13.8 Å². The third-order valence-corrected chi connectivity index (χ3v) is 7.39. The first-order chi connectivity index (χ1) is 14.3. The van der Waals surface area contributed by atoms with Gasteiger partial charge < -0.3 is 19.4 Å². The summed E-state index contributed by atoms with van der Waals surface area (Å²) in [6.45, 7) is 12.8. The molecule has 0 radical (unpaired) electrons. The van der Waals surface area contributed by atoms with E-state index >= 15 is 0 Å². The number of hydrogen-bond donors (Lipinski definition) is 0. The summed E-state index contributed by atoms with van der Waals surface area (Å²) in [7, 11) is 0. The molecule has 0 aliphatic carbocycles. The maximum Gasteiger partial charge on any atom is 0.409 e. The fourth-order valence-electron chi connectivity index (χ4n) is 5.83. The van der Waals surface area contributed by atoms with Crippen molar-refractivity contribution in [2.45, 2.75) is 64.8 Å². The van der Waals surface area contributed by atoms with Crippen LogP contribution in [0.3, 0.4) is 0 Å². The molecule has 2 amide bonds. The topological polar surface area (TPSA) is 53.1 Å². The van der Waals surface area contributed by atoms with E-state index in [9.17, 15) is 9.59 Å². The van der Waals surface area contributed by atoms with Gasteiger partial charge in [-0.2, -0.15) is 0 Å². The van der Waals surface area contributed by atoms with Gasteiger partial charge in [0.1, 0.15) is 0 Å². The highest BCUT2D eigenvalue weighted by Gasteiger charge is 2.47. The molecule has 3 aliphatic rings. The number of ether oxygens (including phenoxy) is 1. The fourth-order valence-corrected chi connectivity index (χ4v) is 5.83. The highest BCUT2D eigenvalue weighted by Crippen LogP contribution is 2.49. The molecule has 0 unspecified atom stereocenters. The van der Waals surface area contributed by atoms with Gasteiger partial charge in [0, 0.05) is 38.0 Å². The molecule has 2 fully saturated rings. The summed E-state index contributed by atoms with van der Waals surface area (Å²) in [6, 6.07) is 5.05. The molecule has 0 atom stereocenters. The zero-order chi connectivity index (χ0) is 21.5. The van der Waals surface area contributed by atoms with Gasteiger partial charge in [-0.3, -0.25) is 4.79 Å². The largest absolute Gasteiger partial charge is 0.450 e. The minimum absolute atomic E-state index is 0.0833. The number of anilines is 1. The average molecular weight is 414 g/mol. The summed E-state index contributed by atoms with van der Waals surface area (Å²) in [5.74, 6) is 0.147. The Kier molecular flexibility index (Phi) is 5.80. The summed E-state index contributed by atoms with van der Waals surface area (Å²) < 4.78 is 5.15. The number of hydrogen-bond acceptors (Lipinski definition) is 4. The number of amides is 2. The molecule has 0 saturated carbocycles. The quantitative estimate of drug-likeness (QED) is 0.743. The van der Waals surface area contributed by atoms with Crippen molar-refractivity contribution in [1.82, 2.24) is 9.80 Å². The molecule has 3 heterocycles. The maximum atomic E-state index is 12.4. The van der Waals surface area contributed by atoms with E-state index in [0.717, 1.165) is 64.1 Å². The molecule has 6 heteroatoms. The molecule has 3 aliphatic heterocycles. The Morgan fingerprint density at radius 1 is 1.10 bits per heavy atom. The van der Waals surface area contributed by atoms with Crippen molar-refractivity contribution in [2.24, 2.45) is 0 Å². The van der Waals surface area contributed by atoms with Crippen molar-refractivity contribution in [3.05, 3.63) is 28.8 Å². The zero-order valence-electron chi connectivity index (χ0n) is 18.9. The van der Waals surface area contributed by atoms with E-state index < -0.39 is 0 Å². The molecule has 2 saturated heterocycles. The second-order valence-electron chi connectivity index (χ2n) is 9.32. The SMILES string of the molecule is CCOC(=O)N1CCC(N2CCC3(CC2)CN(C(C)=O)c2c(C)cc(C)cc23)CC1. The number of aryl methyl sites for hydroxylation is 2. The average Bonchev–Trinajstić information content (AvgIpc) is 3.03. The fraction of sp³-hybridized carbons (Fsp3) is 0.667. The minimum atomic E-state index is -0.175. The van der Waals surface area contributed by atoms with Crippen LogP contribution >= 0.6 is 0 Å². The summed E-state index contributed by atoms with van der Waals surface area (Å²) in [4.78, 5) is 30.8. The van der Waals surface area contributed by atoms with Crippen LogP contribution in [0.1, 0.15) is 56.2 Å². The number of rotatable bonds is 2. The van der Waals surface area contributed by atoms with Crippen LogP contribution in [0.5, 0.6) is 0 Å². The summed E-state index contributed by atoms with van der Waals surface area (Å²) >= 11 is 0. The number of carbonyl (C=O) groups is 2. The normalized spacial score (nSPS) is 21.7. The van der Waals surface area contributed by atoms with E-state index in [1.807, 2.05) is 16.7 Å². The standard InChI is InChI=1S/C24H35N3O3/c1-5-30-23(29)26-10-6-20(7-11-26)25-12-8-24(9-13-25)16-27(19(4)28)22-18(3)14-17(2)15-21(22)24/h14-15,20H,5-13,16H2,1-4H3. The third-order valence-electron chi connectivity index (χ3n) is 7.39. The lowest BCUT2D eigenvalue weighted by atomic mass is 9.73. The maximum absolute atomic E-state index is 12.4. The van der Waals surface area contributed by atoms with E-state index in [4.69, 9.17) is 4.74 Å². The van der Waals surface area contributed by atoms with Gasteiger partial charge in [0.05, 0.1) is 12.3 Å². The number of carbonyl (C=O) groups excluding carboxylic acids is 2. The van der Waals surface area contributed by atoms with Crippen LogP contribution in [0.2, 0.25) is 0 Å². The summed E-state index contributed by atoms with van der Waals surface area (Å²) in [6.07, 6.45) is 4.03. The Bertz CT molecular complexity index is 821. The highest BCUT2D eigenvalue weighted by atomic mass is 16.6. The molecular weight excluding hydrogens is 378 g/mol. The second-order valence-corrected chi connectivity index (χ2v) is 9.32. The molecule has 0 N–H and O–H groups in total. The van der Waals surface area contributed by atoms with Gasteiger partial charge in [-0.15, -0.1) is 0 Å². The van der Waals surface area contributed by atoms with Crippen molar-refractivity contribution >= 4 is 17.7 Å². The monoisotopic (exact) mass is 413 g/mol. The predicted molar refractivity (Wildman–Crippen MR) is 118 cm³/mol. The molecule has 30 heavy (non-hydrogen) atoms. The third kappa shape index (κ3) is 3.70. The molecule has 0 bridgehead atoms. The van der Waals surface area contributed by atoms with E-state index in [1.54, 1.807) is 6.92 Å². The lowest BCUT2D eigenvalue weighted by molar-refractivity contribution is -0.116. The molecule has 0 aromatic heterocycles. The van der Waals surface area contributed by atoms with Crippen LogP contribution in [0.15, 0.2) is 12.1 Å². The lowest BCUT2D eigenvalue weighted by Gasteiger charge is -2.45. The van der Waals surface area contributed by atoms with Crippen molar-refractivity contribution < 1.29 is 14.3 Å². The molecular formula is C24H35N3O3. The van der Waals surface area contributed by atoms with E-state index in [0.29, 0.717) is 12.6 Å². The zero-order valence-corrected chi connectivity index (χ0v) is 18.9. The van der Waals surface area contributed by atoms with Crippen LogP contribution in [0.4, 0.5) is 10.5 Å². The Hall–Kier alpha value is -2.08. The van der Waals surface area contributed by atoms with Gasteiger partial charge in [0.25, 0.3) is 0 Å². The molecule has 4 rings (SSSR count). The van der Waals surface area contributed by atoms with Crippen molar-refractivity contribution in [1.29, 1.82) is 0 Å². The van der Waals surface area contributed by atoms with Gasteiger partial charge in [0.2, 0.25) is 5.91 Å². The van der Waals surface area contributed by atoms with Crippen LogP contribution in [-0.2, 0) is 14.9 Å². The van der Waals surface area contributed by atoms with E-state index in [2.05, 4.69) is 30.9 Å². The first-order valence-electron chi connectivity index (χ1n) is 11.4. The Morgan fingerprint density at radius 2 is 1.77 bits per heavy atom. The molecule has 1 aromatic carbocycles. The van der Waals surface area contributed by atoms with Crippen LogP contribution in [-0.4, -0.2) is 67.2 Å². The Balaban J connectivity index is 1.44. The number of fused-ring (bicyclic) bond motifs is 2. The molecule has 164 valence electrons. The number of likely N-dealkylation sites (tertiary alicyclic amines) is 2. The van der Waals surface area contributed by atoms with Crippen molar-refractivity contribution in [3.8, 4) is 0 Å².